The van der Waals surface area contributed by atoms with E-state index in [0.29, 0.717) is 0 Å². The Bertz CT molecular complexity index is 463. The summed E-state index contributed by atoms with van der Waals surface area (Å²) in [7, 11) is 1.46. The number of carbonyl (C=O) groups excluding carboxylic acids is 2. The Balaban J connectivity index is 2.69. The third kappa shape index (κ3) is 4.17. The van der Waals surface area contributed by atoms with Gasteiger partial charge in [-0.1, -0.05) is 6.07 Å². The summed E-state index contributed by atoms with van der Waals surface area (Å²) < 4.78 is 1.08. The molecule has 1 rings (SSSR count). The summed E-state index contributed by atoms with van der Waals surface area (Å²) in [6, 6.07) is 4.94. The molecule has 5 nitrogen and oxygen atoms in total. The first-order chi connectivity index (χ1) is 8.43. The van der Waals surface area contributed by atoms with Crippen molar-refractivity contribution < 1.29 is 9.59 Å². The van der Waals surface area contributed by atoms with Gasteiger partial charge in [-0.15, -0.1) is 0 Å². The molecule has 0 aliphatic heterocycles. The van der Waals surface area contributed by atoms with Gasteiger partial charge in [0.15, 0.2) is 0 Å². The van der Waals surface area contributed by atoms with Gasteiger partial charge in [0.25, 0.3) is 0 Å². The fourth-order valence-corrected chi connectivity index (χ4v) is 1.82. The highest BCUT2D eigenvalue weighted by atomic mass is 127. The number of aryl methyl sites for hydroxylation is 1. The first-order valence-corrected chi connectivity index (χ1v) is 6.57. The van der Waals surface area contributed by atoms with E-state index in [1.54, 1.807) is 6.92 Å². The first-order valence-electron chi connectivity index (χ1n) is 5.49. The molecule has 0 aliphatic rings. The highest BCUT2D eigenvalue weighted by Gasteiger charge is 2.15. The second-order valence-electron chi connectivity index (χ2n) is 3.89. The van der Waals surface area contributed by atoms with E-state index in [1.165, 1.54) is 7.05 Å². The highest BCUT2D eigenvalue weighted by Crippen LogP contribution is 2.18. The minimum Gasteiger partial charge on any atom is -0.374 e. The minimum absolute atomic E-state index is 0.368. The minimum atomic E-state index is -0.506. The average Bonchev–Trinajstić information content (AvgIpc) is 2.33. The molecule has 0 heterocycles. The third-order valence-electron chi connectivity index (χ3n) is 2.43. The zero-order valence-corrected chi connectivity index (χ0v) is 12.7. The van der Waals surface area contributed by atoms with Crippen molar-refractivity contribution in [1.29, 1.82) is 0 Å². The predicted octanol–water partition coefficient (Wildman–Crippen LogP) is 1.86. The molecule has 18 heavy (non-hydrogen) atoms. The zero-order chi connectivity index (χ0) is 13.7. The predicted molar refractivity (Wildman–Crippen MR) is 79.6 cm³/mol. The molecule has 0 saturated carbocycles. The number of hydrogen-bond donors (Lipinski definition) is 3. The van der Waals surface area contributed by atoms with E-state index in [2.05, 4.69) is 38.5 Å². The quantitative estimate of drug-likeness (QED) is 0.720. The number of urea groups is 1. The van der Waals surface area contributed by atoms with E-state index < -0.39 is 12.1 Å². The summed E-state index contributed by atoms with van der Waals surface area (Å²) in [6.45, 7) is 3.67. The number of hydrogen-bond acceptors (Lipinski definition) is 3. The van der Waals surface area contributed by atoms with E-state index >= 15 is 0 Å². The first kappa shape index (κ1) is 14.7. The van der Waals surface area contributed by atoms with Crippen LogP contribution in [0.15, 0.2) is 18.2 Å². The molecule has 3 amide bonds. The molecule has 3 N–H and O–H groups in total. The van der Waals surface area contributed by atoms with Crippen LogP contribution in [0.5, 0.6) is 0 Å². The van der Waals surface area contributed by atoms with Gasteiger partial charge >= 0.3 is 6.03 Å². The van der Waals surface area contributed by atoms with Crippen LogP contribution in [0.25, 0.3) is 0 Å². The molecule has 0 spiro atoms. The monoisotopic (exact) mass is 361 g/mol. The summed E-state index contributed by atoms with van der Waals surface area (Å²) in [5.74, 6) is -0.368. The maximum Gasteiger partial charge on any atom is 0.321 e. The Labute approximate surface area is 120 Å². The van der Waals surface area contributed by atoms with Gasteiger partial charge in [0, 0.05) is 16.3 Å². The van der Waals surface area contributed by atoms with Crippen molar-refractivity contribution in [2.45, 2.75) is 19.9 Å². The van der Waals surface area contributed by atoms with Crippen LogP contribution in [-0.2, 0) is 4.79 Å². The lowest BCUT2D eigenvalue weighted by Crippen LogP contribution is -2.44. The Kier molecular flexibility index (Phi) is 5.39. The molecule has 0 aliphatic carbocycles. The van der Waals surface area contributed by atoms with Crippen LogP contribution in [0.4, 0.5) is 10.5 Å². The van der Waals surface area contributed by atoms with Crippen molar-refractivity contribution in [2.75, 3.05) is 12.4 Å². The van der Waals surface area contributed by atoms with E-state index in [9.17, 15) is 9.59 Å². The van der Waals surface area contributed by atoms with Gasteiger partial charge in [-0.2, -0.15) is 0 Å². The molecule has 1 unspecified atom stereocenters. The summed E-state index contributed by atoms with van der Waals surface area (Å²) in [5, 5.41) is 7.65. The van der Waals surface area contributed by atoms with E-state index in [1.807, 2.05) is 25.1 Å². The van der Waals surface area contributed by atoms with Crippen LogP contribution in [0.1, 0.15) is 12.5 Å². The normalized spacial score (nSPS) is 11.6. The third-order valence-corrected chi connectivity index (χ3v) is 3.10. The molecular weight excluding hydrogens is 345 g/mol. The van der Waals surface area contributed by atoms with Crippen molar-refractivity contribution >= 4 is 40.2 Å². The van der Waals surface area contributed by atoms with Gasteiger partial charge in [0.05, 0.1) is 0 Å². The topological polar surface area (TPSA) is 70.2 Å². The standard InChI is InChI=1S/C12H16IN3O2/c1-7-4-5-9(13)6-10(7)15-8(2)11(17)16-12(18)14-3/h4-6,8,15H,1-3H3,(H2,14,16,17,18). The number of rotatable bonds is 3. The molecule has 1 aromatic carbocycles. The molecule has 98 valence electrons. The van der Waals surface area contributed by atoms with E-state index in [0.717, 1.165) is 14.8 Å². The average molecular weight is 361 g/mol. The summed E-state index contributed by atoms with van der Waals surface area (Å²) in [6.07, 6.45) is 0. The van der Waals surface area contributed by atoms with Crippen molar-refractivity contribution in [3.05, 3.63) is 27.3 Å². The number of nitrogens with one attached hydrogen (secondary N) is 3. The van der Waals surface area contributed by atoms with Crippen molar-refractivity contribution in [3.63, 3.8) is 0 Å². The Morgan fingerprint density at radius 3 is 2.61 bits per heavy atom. The summed E-state index contributed by atoms with van der Waals surface area (Å²) >= 11 is 2.21. The summed E-state index contributed by atoms with van der Waals surface area (Å²) in [4.78, 5) is 22.7. The molecule has 1 atom stereocenters. The summed E-state index contributed by atoms with van der Waals surface area (Å²) in [5.41, 5.74) is 1.94. The number of carbonyl (C=O) groups is 2. The number of amides is 3. The Morgan fingerprint density at radius 2 is 2.00 bits per heavy atom. The van der Waals surface area contributed by atoms with Crippen molar-refractivity contribution in [3.8, 4) is 0 Å². The van der Waals surface area contributed by atoms with Crippen molar-refractivity contribution in [1.82, 2.24) is 10.6 Å². The molecule has 6 heteroatoms. The molecular formula is C12H16IN3O2. The Hall–Kier alpha value is -1.31. The fourth-order valence-electron chi connectivity index (χ4n) is 1.33. The van der Waals surface area contributed by atoms with E-state index in [-0.39, 0.29) is 5.91 Å². The number of anilines is 1. The van der Waals surface area contributed by atoms with Crippen molar-refractivity contribution in [2.24, 2.45) is 0 Å². The van der Waals surface area contributed by atoms with Gasteiger partial charge < -0.3 is 10.6 Å². The van der Waals surface area contributed by atoms with Crippen LogP contribution >= 0.6 is 22.6 Å². The van der Waals surface area contributed by atoms with Crippen LogP contribution in [0, 0.1) is 10.5 Å². The van der Waals surface area contributed by atoms with Gasteiger partial charge in [-0.3, -0.25) is 10.1 Å². The molecule has 0 saturated heterocycles. The van der Waals surface area contributed by atoms with Crippen LogP contribution in [0.2, 0.25) is 0 Å². The fraction of sp³-hybridized carbons (Fsp3) is 0.333. The molecule has 0 radical (unpaired) electrons. The van der Waals surface area contributed by atoms with Gasteiger partial charge in [-0.05, 0) is 54.1 Å². The molecule has 0 fully saturated rings. The maximum atomic E-state index is 11.7. The molecule has 0 aromatic heterocycles. The van der Waals surface area contributed by atoms with Gasteiger partial charge in [0.1, 0.15) is 6.04 Å². The Morgan fingerprint density at radius 1 is 1.33 bits per heavy atom. The lowest BCUT2D eigenvalue weighted by atomic mass is 10.2. The maximum absolute atomic E-state index is 11.7. The van der Waals surface area contributed by atoms with Crippen LogP contribution in [0.3, 0.4) is 0 Å². The highest BCUT2D eigenvalue weighted by molar-refractivity contribution is 14.1. The molecule has 0 bridgehead atoms. The SMILES string of the molecule is CNC(=O)NC(=O)C(C)Nc1cc(I)ccc1C. The van der Waals surface area contributed by atoms with Crippen LogP contribution < -0.4 is 16.0 Å². The number of imide groups is 1. The molecule has 1 aromatic rings. The lowest BCUT2D eigenvalue weighted by Gasteiger charge is -2.16. The van der Waals surface area contributed by atoms with Gasteiger partial charge in [-0.25, -0.2) is 4.79 Å². The smallest absolute Gasteiger partial charge is 0.321 e. The lowest BCUT2D eigenvalue weighted by molar-refractivity contribution is -0.120. The van der Waals surface area contributed by atoms with Gasteiger partial charge in [0.2, 0.25) is 5.91 Å². The second-order valence-corrected chi connectivity index (χ2v) is 5.14. The van der Waals surface area contributed by atoms with E-state index in [4.69, 9.17) is 0 Å². The largest absolute Gasteiger partial charge is 0.374 e. The second kappa shape index (κ2) is 6.58. The number of benzene rings is 1. The van der Waals surface area contributed by atoms with Crippen LogP contribution in [-0.4, -0.2) is 25.0 Å². The number of halogens is 1. The zero-order valence-electron chi connectivity index (χ0n) is 10.5.